The monoisotopic (exact) mass is 269 g/mol. The SMILES string of the molecule is CC(C)C[C@H](CNC(=O)c1c[nH]c(=O)[nH]1)CC(=O)O. The summed E-state index contributed by atoms with van der Waals surface area (Å²) in [6.07, 6.45) is 2.02. The van der Waals surface area contributed by atoms with Crippen LogP contribution < -0.4 is 11.0 Å². The summed E-state index contributed by atoms with van der Waals surface area (Å²) in [6, 6.07) is 0. The molecular weight excluding hydrogens is 250 g/mol. The molecule has 0 aromatic carbocycles. The molecule has 7 heteroatoms. The first-order valence-corrected chi connectivity index (χ1v) is 6.16. The number of hydrogen-bond acceptors (Lipinski definition) is 3. The summed E-state index contributed by atoms with van der Waals surface area (Å²) in [5, 5.41) is 11.4. The number of carboxylic acids is 1. The Kier molecular flexibility index (Phi) is 5.35. The predicted octanol–water partition coefficient (Wildman–Crippen LogP) is 0.570. The molecule has 0 bridgehead atoms. The number of carbonyl (C=O) groups is 2. The molecule has 0 aliphatic heterocycles. The predicted molar refractivity (Wildman–Crippen MR) is 68.9 cm³/mol. The molecule has 0 saturated carbocycles. The molecule has 4 N–H and O–H groups in total. The molecule has 1 heterocycles. The highest BCUT2D eigenvalue weighted by Crippen LogP contribution is 2.14. The average molecular weight is 269 g/mol. The third-order valence-electron chi connectivity index (χ3n) is 2.66. The van der Waals surface area contributed by atoms with Crippen LogP contribution in [0.25, 0.3) is 0 Å². The zero-order valence-corrected chi connectivity index (χ0v) is 11.0. The van der Waals surface area contributed by atoms with Crippen molar-refractivity contribution in [1.82, 2.24) is 15.3 Å². The molecule has 1 aromatic rings. The highest BCUT2D eigenvalue weighted by Gasteiger charge is 2.17. The van der Waals surface area contributed by atoms with Crippen LogP contribution in [-0.4, -0.2) is 33.5 Å². The van der Waals surface area contributed by atoms with Crippen LogP contribution >= 0.6 is 0 Å². The Morgan fingerprint density at radius 3 is 2.58 bits per heavy atom. The molecule has 1 atom stereocenters. The number of imidazole rings is 1. The average Bonchev–Trinajstić information content (AvgIpc) is 2.71. The number of hydrogen-bond donors (Lipinski definition) is 4. The van der Waals surface area contributed by atoms with E-state index in [1.807, 2.05) is 13.8 Å². The third kappa shape index (κ3) is 5.41. The number of H-pyrrole nitrogens is 2. The molecule has 0 saturated heterocycles. The Balaban J connectivity index is 2.53. The highest BCUT2D eigenvalue weighted by atomic mass is 16.4. The van der Waals surface area contributed by atoms with Crippen molar-refractivity contribution in [1.29, 1.82) is 0 Å². The van der Waals surface area contributed by atoms with Gasteiger partial charge in [-0.25, -0.2) is 4.79 Å². The normalized spacial score (nSPS) is 12.4. The summed E-state index contributed by atoms with van der Waals surface area (Å²) in [5.74, 6) is -1.06. The largest absolute Gasteiger partial charge is 0.481 e. The van der Waals surface area contributed by atoms with Gasteiger partial charge < -0.3 is 20.4 Å². The molecule has 0 aliphatic carbocycles. The van der Waals surface area contributed by atoms with Gasteiger partial charge in [-0.15, -0.1) is 0 Å². The van der Waals surface area contributed by atoms with Crippen molar-refractivity contribution < 1.29 is 14.7 Å². The van der Waals surface area contributed by atoms with E-state index in [1.165, 1.54) is 6.20 Å². The number of amides is 1. The molecule has 1 rings (SSSR count). The molecule has 1 aromatic heterocycles. The molecule has 0 radical (unpaired) electrons. The molecule has 0 spiro atoms. The first-order chi connectivity index (χ1) is 8.88. The molecular formula is C12H19N3O4. The highest BCUT2D eigenvalue weighted by molar-refractivity contribution is 5.91. The molecule has 7 nitrogen and oxygen atoms in total. The summed E-state index contributed by atoms with van der Waals surface area (Å²) in [5.41, 5.74) is -0.307. The maximum absolute atomic E-state index is 11.7. The van der Waals surface area contributed by atoms with E-state index < -0.39 is 17.6 Å². The van der Waals surface area contributed by atoms with Gasteiger partial charge in [-0.1, -0.05) is 13.8 Å². The molecule has 19 heavy (non-hydrogen) atoms. The number of aliphatic carboxylic acids is 1. The van der Waals surface area contributed by atoms with Crippen molar-refractivity contribution in [2.45, 2.75) is 26.7 Å². The quantitative estimate of drug-likeness (QED) is 0.579. The van der Waals surface area contributed by atoms with Crippen molar-refractivity contribution >= 4 is 11.9 Å². The van der Waals surface area contributed by atoms with Gasteiger partial charge in [0.2, 0.25) is 0 Å². The van der Waals surface area contributed by atoms with Crippen molar-refractivity contribution in [2.75, 3.05) is 6.54 Å². The zero-order chi connectivity index (χ0) is 14.4. The lowest BCUT2D eigenvalue weighted by Crippen LogP contribution is -2.31. The van der Waals surface area contributed by atoms with Gasteiger partial charge in [0.25, 0.3) is 5.91 Å². The smallest absolute Gasteiger partial charge is 0.323 e. The third-order valence-corrected chi connectivity index (χ3v) is 2.66. The van der Waals surface area contributed by atoms with E-state index in [9.17, 15) is 14.4 Å². The first kappa shape index (κ1) is 15.0. The Morgan fingerprint density at radius 1 is 1.42 bits per heavy atom. The molecule has 106 valence electrons. The van der Waals surface area contributed by atoms with Crippen LogP contribution in [0.15, 0.2) is 11.0 Å². The van der Waals surface area contributed by atoms with Gasteiger partial charge in [0, 0.05) is 19.2 Å². The molecule has 1 amide bonds. The summed E-state index contributed by atoms with van der Waals surface area (Å²) >= 11 is 0. The number of rotatable bonds is 7. The summed E-state index contributed by atoms with van der Waals surface area (Å²) in [7, 11) is 0. The van der Waals surface area contributed by atoms with Crippen LogP contribution in [-0.2, 0) is 4.79 Å². The topological polar surface area (TPSA) is 115 Å². The van der Waals surface area contributed by atoms with Gasteiger partial charge in [0.1, 0.15) is 5.69 Å². The van der Waals surface area contributed by atoms with E-state index in [-0.39, 0.29) is 24.6 Å². The standard InChI is InChI=1S/C12H19N3O4/c1-7(2)3-8(4-10(16)17)5-13-11(18)9-6-14-12(19)15-9/h6-8H,3-5H2,1-2H3,(H,13,18)(H,16,17)(H2,14,15,19)/t8-/m0/s1. The van der Waals surface area contributed by atoms with Crippen molar-refractivity contribution in [3.63, 3.8) is 0 Å². The minimum atomic E-state index is -0.880. The van der Waals surface area contributed by atoms with Crippen molar-refractivity contribution in [2.24, 2.45) is 11.8 Å². The molecule has 0 aliphatic rings. The van der Waals surface area contributed by atoms with Gasteiger partial charge >= 0.3 is 11.7 Å². The van der Waals surface area contributed by atoms with Crippen LogP contribution in [0.4, 0.5) is 0 Å². The van der Waals surface area contributed by atoms with Crippen molar-refractivity contribution in [3.8, 4) is 0 Å². The van der Waals surface area contributed by atoms with Gasteiger partial charge in [-0.2, -0.15) is 0 Å². The summed E-state index contributed by atoms with van der Waals surface area (Å²) in [4.78, 5) is 38.0. The van der Waals surface area contributed by atoms with Crippen LogP contribution in [0, 0.1) is 11.8 Å². The lowest BCUT2D eigenvalue weighted by atomic mass is 9.94. The fraction of sp³-hybridized carbons (Fsp3) is 0.583. The lowest BCUT2D eigenvalue weighted by molar-refractivity contribution is -0.138. The van der Waals surface area contributed by atoms with Gasteiger partial charge in [-0.05, 0) is 18.3 Å². The second-order valence-electron chi connectivity index (χ2n) is 4.96. The molecule has 0 fully saturated rings. The number of carboxylic acid groups (broad SMARTS) is 1. The van der Waals surface area contributed by atoms with Crippen LogP contribution in [0.1, 0.15) is 37.2 Å². The van der Waals surface area contributed by atoms with Crippen molar-refractivity contribution in [3.05, 3.63) is 22.4 Å². The van der Waals surface area contributed by atoms with E-state index in [0.717, 1.165) is 6.42 Å². The summed E-state index contributed by atoms with van der Waals surface area (Å²) in [6.45, 7) is 4.27. The Bertz CT molecular complexity index is 489. The van der Waals surface area contributed by atoms with Crippen LogP contribution in [0.5, 0.6) is 0 Å². The van der Waals surface area contributed by atoms with E-state index in [2.05, 4.69) is 15.3 Å². The number of carbonyl (C=O) groups excluding carboxylic acids is 1. The fourth-order valence-electron chi connectivity index (χ4n) is 1.94. The molecule has 0 unspecified atom stereocenters. The maximum atomic E-state index is 11.7. The van der Waals surface area contributed by atoms with Gasteiger partial charge in [-0.3, -0.25) is 9.59 Å². The zero-order valence-electron chi connectivity index (χ0n) is 11.0. The first-order valence-electron chi connectivity index (χ1n) is 6.16. The Morgan fingerprint density at radius 2 is 2.11 bits per heavy atom. The van der Waals surface area contributed by atoms with E-state index in [1.54, 1.807) is 0 Å². The second-order valence-corrected chi connectivity index (χ2v) is 4.96. The van der Waals surface area contributed by atoms with Gasteiger partial charge in [0.15, 0.2) is 0 Å². The van der Waals surface area contributed by atoms with Gasteiger partial charge in [0.05, 0.1) is 0 Å². The second kappa shape index (κ2) is 6.77. The van der Waals surface area contributed by atoms with Crippen LogP contribution in [0.2, 0.25) is 0 Å². The minimum absolute atomic E-state index is 0.0160. The lowest BCUT2D eigenvalue weighted by Gasteiger charge is -2.17. The number of aromatic amines is 2. The van der Waals surface area contributed by atoms with Crippen LogP contribution in [0.3, 0.4) is 0 Å². The minimum Gasteiger partial charge on any atom is -0.481 e. The Labute approximate surface area is 110 Å². The number of nitrogens with one attached hydrogen (secondary N) is 3. The summed E-state index contributed by atoms with van der Waals surface area (Å²) < 4.78 is 0. The Hall–Kier alpha value is -2.05. The fourth-order valence-corrected chi connectivity index (χ4v) is 1.94. The van der Waals surface area contributed by atoms with E-state index in [4.69, 9.17) is 5.11 Å². The number of aromatic nitrogens is 2. The maximum Gasteiger partial charge on any atom is 0.323 e. The van der Waals surface area contributed by atoms with E-state index >= 15 is 0 Å². The van der Waals surface area contributed by atoms with E-state index in [0.29, 0.717) is 5.92 Å².